The van der Waals surface area contributed by atoms with Crippen LogP contribution in [0.2, 0.25) is 0 Å². The largest absolute Gasteiger partial charge is 0.507 e. The highest BCUT2D eigenvalue weighted by Gasteiger charge is 2.27. The van der Waals surface area contributed by atoms with Gasteiger partial charge in [-0.1, -0.05) is 87.3 Å². The lowest BCUT2D eigenvalue weighted by atomic mass is 9.77. The molecule has 1 amide bonds. The lowest BCUT2D eigenvalue weighted by Crippen LogP contribution is -2.32. The van der Waals surface area contributed by atoms with E-state index in [2.05, 4.69) is 86.7 Å². The quantitative estimate of drug-likeness (QED) is 0.446. The van der Waals surface area contributed by atoms with Gasteiger partial charge in [-0.3, -0.25) is 4.79 Å². The highest BCUT2D eigenvalue weighted by atomic mass is 16.3. The van der Waals surface area contributed by atoms with Crippen LogP contribution in [0.1, 0.15) is 124 Å². The Hall–Kier alpha value is -1.51. The number of rotatable bonds is 9. The zero-order chi connectivity index (χ0) is 23.3. The summed E-state index contributed by atoms with van der Waals surface area (Å²) in [5.41, 5.74) is 2.91. The first-order chi connectivity index (χ1) is 13.6. The van der Waals surface area contributed by atoms with Crippen molar-refractivity contribution >= 4 is 5.91 Å². The molecule has 3 nitrogen and oxygen atoms in total. The Balaban J connectivity index is 2.84. The summed E-state index contributed by atoms with van der Waals surface area (Å²) < 4.78 is 0. The minimum Gasteiger partial charge on any atom is -0.507 e. The van der Waals surface area contributed by atoms with E-state index in [4.69, 9.17) is 0 Å². The zero-order valence-corrected chi connectivity index (χ0v) is 21.3. The fourth-order valence-corrected chi connectivity index (χ4v) is 3.85. The molecule has 0 saturated carbocycles. The number of carbonyl (C=O) groups is 1. The number of hydrogen-bond acceptors (Lipinski definition) is 2. The van der Waals surface area contributed by atoms with Crippen molar-refractivity contribution in [2.24, 2.45) is 5.92 Å². The third-order valence-electron chi connectivity index (χ3n) is 5.95. The molecule has 0 radical (unpaired) electrons. The molecule has 1 aromatic rings. The van der Waals surface area contributed by atoms with Gasteiger partial charge in [0.1, 0.15) is 5.75 Å². The molecule has 1 unspecified atom stereocenters. The molecule has 172 valence electrons. The molecule has 2 N–H and O–H groups in total. The van der Waals surface area contributed by atoms with Crippen LogP contribution in [0.25, 0.3) is 0 Å². The summed E-state index contributed by atoms with van der Waals surface area (Å²) in [6, 6.07) is 4.52. The summed E-state index contributed by atoms with van der Waals surface area (Å²) in [6.07, 6.45) is 4.76. The zero-order valence-electron chi connectivity index (χ0n) is 21.3. The third kappa shape index (κ3) is 8.32. The Morgan fingerprint density at radius 3 is 1.83 bits per heavy atom. The molecule has 0 aromatic heterocycles. The van der Waals surface area contributed by atoms with E-state index in [1.54, 1.807) is 0 Å². The first kappa shape index (κ1) is 26.5. The van der Waals surface area contributed by atoms with Gasteiger partial charge in [-0.05, 0) is 59.1 Å². The fourth-order valence-electron chi connectivity index (χ4n) is 3.85. The molecule has 1 rings (SSSR count). The van der Waals surface area contributed by atoms with Gasteiger partial charge >= 0.3 is 0 Å². The van der Waals surface area contributed by atoms with Crippen molar-refractivity contribution in [3.05, 3.63) is 28.8 Å². The Bertz CT molecular complexity index is 657. The maximum Gasteiger partial charge on any atom is 0.220 e. The Morgan fingerprint density at radius 2 is 1.40 bits per heavy atom. The summed E-state index contributed by atoms with van der Waals surface area (Å²) in [6.45, 7) is 21.6. The summed E-state index contributed by atoms with van der Waals surface area (Å²) in [4.78, 5) is 12.4. The average Bonchev–Trinajstić information content (AvgIpc) is 2.57. The molecular weight excluding hydrogens is 370 g/mol. The van der Waals surface area contributed by atoms with E-state index in [1.165, 1.54) is 12.0 Å². The fraction of sp³-hybridized carbons (Fsp3) is 0.741. The van der Waals surface area contributed by atoms with Gasteiger partial charge in [-0.15, -0.1) is 0 Å². The highest BCUT2D eigenvalue weighted by molar-refractivity contribution is 5.76. The van der Waals surface area contributed by atoms with Crippen LogP contribution in [-0.2, 0) is 15.6 Å². The van der Waals surface area contributed by atoms with E-state index < -0.39 is 0 Å². The van der Waals surface area contributed by atoms with E-state index in [1.807, 2.05) is 0 Å². The minimum absolute atomic E-state index is 0.136. The average molecular weight is 418 g/mol. The van der Waals surface area contributed by atoms with Gasteiger partial charge in [0.2, 0.25) is 5.91 Å². The number of phenolic OH excluding ortho intramolecular Hbond substituents is 1. The van der Waals surface area contributed by atoms with Crippen LogP contribution in [-0.4, -0.2) is 17.1 Å². The van der Waals surface area contributed by atoms with Gasteiger partial charge in [0, 0.05) is 12.5 Å². The van der Waals surface area contributed by atoms with E-state index >= 15 is 0 Å². The van der Waals surface area contributed by atoms with Crippen molar-refractivity contribution in [1.29, 1.82) is 0 Å². The number of aromatic hydroxyl groups is 1. The van der Waals surface area contributed by atoms with Crippen molar-refractivity contribution in [3.8, 4) is 5.75 Å². The topological polar surface area (TPSA) is 49.3 Å². The second-order valence-corrected chi connectivity index (χ2v) is 11.7. The highest BCUT2D eigenvalue weighted by Crippen LogP contribution is 2.41. The molecule has 0 heterocycles. The Labute approximate surface area is 186 Å². The molecule has 30 heavy (non-hydrogen) atoms. The Morgan fingerprint density at radius 1 is 0.900 bits per heavy atom. The van der Waals surface area contributed by atoms with Gasteiger partial charge in [0.05, 0.1) is 0 Å². The lowest BCUT2D eigenvalue weighted by molar-refractivity contribution is -0.121. The lowest BCUT2D eigenvalue weighted by Gasteiger charge is -2.29. The Kier molecular flexibility index (Phi) is 9.45. The van der Waals surface area contributed by atoms with Crippen molar-refractivity contribution in [3.63, 3.8) is 0 Å². The molecule has 2 atom stereocenters. The first-order valence-electron chi connectivity index (χ1n) is 11.8. The van der Waals surface area contributed by atoms with E-state index in [0.717, 1.165) is 36.3 Å². The number of benzene rings is 1. The smallest absolute Gasteiger partial charge is 0.220 e. The molecule has 0 bridgehead atoms. The van der Waals surface area contributed by atoms with Crippen molar-refractivity contribution in [1.82, 2.24) is 5.32 Å². The van der Waals surface area contributed by atoms with Crippen LogP contribution < -0.4 is 5.32 Å². The van der Waals surface area contributed by atoms with E-state index in [-0.39, 0.29) is 28.7 Å². The van der Waals surface area contributed by atoms with Gasteiger partial charge in [0.25, 0.3) is 0 Å². The number of hydrogen-bond donors (Lipinski definition) is 2. The SMILES string of the molecule is CC(C)CCCC(C)NC(=O)CC[C@H](C)c1cc(C(C)(C)C)c(O)c(C(C)(C)C)c1. The number of nitrogens with one attached hydrogen (secondary N) is 1. The predicted octanol–water partition coefficient (Wildman–Crippen LogP) is 7.20. The summed E-state index contributed by atoms with van der Waals surface area (Å²) >= 11 is 0. The predicted molar refractivity (Wildman–Crippen MR) is 129 cm³/mol. The van der Waals surface area contributed by atoms with Gasteiger partial charge in [-0.2, -0.15) is 0 Å². The number of phenols is 1. The monoisotopic (exact) mass is 417 g/mol. The molecule has 0 saturated heterocycles. The molecule has 0 aliphatic rings. The second-order valence-electron chi connectivity index (χ2n) is 11.7. The molecule has 0 fully saturated rings. The first-order valence-corrected chi connectivity index (χ1v) is 11.8. The third-order valence-corrected chi connectivity index (χ3v) is 5.95. The van der Waals surface area contributed by atoms with Gasteiger partial charge < -0.3 is 10.4 Å². The molecule has 1 aromatic carbocycles. The van der Waals surface area contributed by atoms with Crippen molar-refractivity contribution in [2.75, 3.05) is 0 Å². The van der Waals surface area contributed by atoms with Crippen LogP contribution in [0.3, 0.4) is 0 Å². The minimum atomic E-state index is -0.136. The molecule has 0 aliphatic heterocycles. The molecule has 3 heteroatoms. The summed E-state index contributed by atoms with van der Waals surface area (Å²) in [5.74, 6) is 1.54. The number of amides is 1. The maximum absolute atomic E-state index is 12.4. The van der Waals surface area contributed by atoms with Gasteiger partial charge in [-0.25, -0.2) is 0 Å². The van der Waals surface area contributed by atoms with Crippen LogP contribution in [0, 0.1) is 5.92 Å². The summed E-state index contributed by atoms with van der Waals surface area (Å²) in [7, 11) is 0. The maximum atomic E-state index is 12.4. The van der Waals surface area contributed by atoms with Crippen LogP contribution in [0.5, 0.6) is 5.75 Å². The van der Waals surface area contributed by atoms with Crippen molar-refractivity contribution in [2.45, 2.75) is 124 Å². The van der Waals surface area contributed by atoms with Crippen molar-refractivity contribution < 1.29 is 9.90 Å². The van der Waals surface area contributed by atoms with Crippen LogP contribution in [0.15, 0.2) is 12.1 Å². The van der Waals surface area contributed by atoms with Gasteiger partial charge in [0.15, 0.2) is 0 Å². The van der Waals surface area contributed by atoms with E-state index in [0.29, 0.717) is 12.2 Å². The summed E-state index contributed by atoms with van der Waals surface area (Å²) in [5, 5.41) is 14.1. The molecule has 0 aliphatic carbocycles. The molecular formula is C27H47NO2. The number of carbonyl (C=O) groups excluding carboxylic acids is 1. The van der Waals surface area contributed by atoms with Crippen LogP contribution >= 0.6 is 0 Å². The second kappa shape index (κ2) is 10.7. The van der Waals surface area contributed by atoms with Crippen LogP contribution in [0.4, 0.5) is 0 Å². The molecule has 0 spiro atoms. The standard InChI is InChI=1S/C27H47NO2/c1-18(2)12-11-13-20(4)28-24(29)15-14-19(3)21-16-22(26(5,6)7)25(30)23(17-21)27(8,9)10/h16-20,30H,11-15H2,1-10H3,(H,28,29)/t19-,20?/m0/s1. The van der Waals surface area contributed by atoms with E-state index in [9.17, 15) is 9.90 Å². The normalized spacial score (nSPS) is 14.6.